The lowest BCUT2D eigenvalue weighted by atomic mass is 10.1. The molecule has 2 aromatic carbocycles. The van der Waals surface area contributed by atoms with E-state index in [4.69, 9.17) is 0 Å². The summed E-state index contributed by atoms with van der Waals surface area (Å²) in [5.74, 6) is -0.0610. The van der Waals surface area contributed by atoms with Crippen LogP contribution in [-0.4, -0.2) is 13.5 Å². The van der Waals surface area contributed by atoms with Gasteiger partial charge in [-0.1, -0.05) is 28.1 Å². The number of hydrogen-bond acceptors (Lipinski definition) is 3. The maximum Gasteiger partial charge on any atom is 0.262 e. The second-order valence-corrected chi connectivity index (χ2v) is 7.14. The molecule has 0 aliphatic heterocycles. The van der Waals surface area contributed by atoms with Crippen molar-refractivity contribution in [3.8, 4) is 5.75 Å². The Balaban J connectivity index is 2.44. The number of benzene rings is 2. The zero-order valence-corrected chi connectivity index (χ0v) is 13.4. The number of aryl methyl sites for hydroxylation is 2. The highest BCUT2D eigenvalue weighted by atomic mass is 79.9. The molecule has 0 unspecified atom stereocenters. The number of sulfonamides is 1. The molecular weight excluding hydrogens is 342 g/mol. The van der Waals surface area contributed by atoms with Crippen LogP contribution in [0.1, 0.15) is 11.1 Å². The summed E-state index contributed by atoms with van der Waals surface area (Å²) in [6, 6.07) is 9.76. The van der Waals surface area contributed by atoms with Gasteiger partial charge in [0.25, 0.3) is 10.0 Å². The van der Waals surface area contributed by atoms with E-state index >= 15 is 0 Å². The van der Waals surface area contributed by atoms with E-state index < -0.39 is 10.0 Å². The quantitative estimate of drug-likeness (QED) is 0.827. The molecule has 0 saturated heterocycles. The molecule has 0 heterocycles. The highest BCUT2D eigenvalue weighted by Crippen LogP contribution is 2.30. The lowest BCUT2D eigenvalue weighted by Gasteiger charge is -2.12. The van der Waals surface area contributed by atoms with Crippen LogP contribution in [0.15, 0.2) is 45.8 Å². The summed E-state index contributed by atoms with van der Waals surface area (Å²) in [6.07, 6.45) is 0. The first kappa shape index (κ1) is 14.9. The molecule has 0 bridgehead atoms. The van der Waals surface area contributed by atoms with Crippen molar-refractivity contribution in [1.29, 1.82) is 0 Å². The normalized spacial score (nSPS) is 11.3. The molecule has 2 N–H and O–H groups in total. The van der Waals surface area contributed by atoms with Gasteiger partial charge in [0, 0.05) is 4.47 Å². The molecule has 0 radical (unpaired) electrons. The fourth-order valence-corrected chi connectivity index (χ4v) is 3.53. The SMILES string of the molecule is Cc1cc(C)c(O)c(NS(=O)(=O)c2cccc(Br)c2)c1. The first-order valence-electron chi connectivity index (χ1n) is 5.88. The van der Waals surface area contributed by atoms with E-state index in [1.54, 1.807) is 31.2 Å². The van der Waals surface area contributed by atoms with Crippen molar-refractivity contribution in [2.75, 3.05) is 4.72 Å². The van der Waals surface area contributed by atoms with Crippen molar-refractivity contribution in [2.24, 2.45) is 0 Å². The monoisotopic (exact) mass is 355 g/mol. The lowest BCUT2D eigenvalue weighted by molar-refractivity contribution is 0.473. The Labute approximate surface area is 126 Å². The van der Waals surface area contributed by atoms with Gasteiger partial charge >= 0.3 is 0 Å². The van der Waals surface area contributed by atoms with Crippen LogP contribution in [0.3, 0.4) is 0 Å². The first-order chi connectivity index (χ1) is 9.29. The standard InChI is InChI=1S/C14H14BrNO3S/c1-9-6-10(2)14(17)13(7-9)16-20(18,19)12-5-3-4-11(15)8-12/h3-8,16-17H,1-2H3. The minimum Gasteiger partial charge on any atom is -0.505 e. The van der Waals surface area contributed by atoms with Crippen molar-refractivity contribution in [3.63, 3.8) is 0 Å². The van der Waals surface area contributed by atoms with Gasteiger partial charge < -0.3 is 5.11 Å². The Morgan fingerprint density at radius 2 is 1.85 bits per heavy atom. The van der Waals surface area contributed by atoms with Crippen molar-refractivity contribution in [3.05, 3.63) is 52.0 Å². The Morgan fingerprint density at radius 1 is 1.15 bits per heavy atom. The molecule has 20 heavy (non-hydrogen) atoms. The van der Waals surface area contributed by atoms with Gasteiger partial charge in [0.05, 0.1) is 10.6 Å². The van der Waals surface area contributed by atoms with E-state index in [9.17, 15) is 13.5 Å². The largest absolute Gasteiger partial charge is 0.505 e. The van der Waals surface area contributed by atoms with Gasteiger partial charge in [-0.2, -0.15) is 0 Å². The van der Waals surface area contributed by atoms with Crippen molar-refractivity contribution >= 4 is 31.6 Å². The average Bonchev–Trinajstić information content (AvgIpc) is 2.35. The third-order valence-electron chi connectivity index (χ3n) is 2.80. The van der Waals surface area contributed by atoms with Gasteiger partial charge in [0.1, 0.15) is 5.75 Å². The van der Waals surface area contributed by atoms with E-state index in [0.717, 1.165) is 5.56 Å². The summed E-state index contributed by atoms with van der Waals surface area (Å²) in [5.41, 5.74) is 1.67. The third kappa shape index (κ3) is 3.13. The highest BCUT2D eigenvalue weighted by Gasteiger charge is 2.17. The van der Waals surface area contributed by atoms with E-state index in [1.165, 1.54) is 12.1 Å². The van der Waals surface area contributed by atoms with Gasteiger partial charge in [0.2, 0.25) is 0 Å². The topological polar surface area (TPSA) is 66.4 Å². The number of phenols is 1. The molecule has 0 atom stereocenters. The molecule has 0 fully saturated rings. The predicted molar refractivity (Wildman–Crippen MR) is 82.5 cm³/mol. The Morgan fingerprint density at radius 3 is 2.50 bits per heavy atom. The molecule has 0 aliphatic rings. The summed E-state index contributed by atoms with van der Waals surface area (Å²) < 4.78 is 27.7. The number of anilines is 1. The van der Waals surface area contributed by atoms with Crippen LogP contribution >= 0.6 is 15.9 Å². The molecule has 0 saturated carbocycles. The number of rotatable bonds is 3. The molecular formula is C14H14BrNO3S. The molecule has 106 valence electrons. The molecule has 0 aromatic heterocycles. The number of hydrogen-bond donors (Lipinski definition) is 2. The first-order valence-corrected chi connectivity index (χ1v) is 8.16. The van der Waals surface area contributed by atoms with Crippen LogP contribution in [0.5, 0.6) is 5.75 Å². The van der Waals surface area contributed by atoms with E-state index in [2.05, 4.69) is 20.7 Å². The summed E-state index contributed by atoms with van der Waals surface area (Å²) in [4.78, 5) is 0.130. The minimum absolute atomic E-state index is 0.0610. The third-order valence-corrected chi connectivity index (χ3v) is 4.65. The average molecular weight is 356 g/mol. The number of phenolic OH excluding ortho intramolecular Hbond substituents is 1. The van der Waals surface area contributed by atoms with Gasteiger partial charge in [-0.05, 0) is 49.2 Å². The summed E-state index contributed by atoms with van der Waals surface area (Å²) in [7, 11) is -3.73. The van der Waals surface area contributed by atoms with Gasteiger partial charge in [0.15, 0.2) is 0 Å². The highest BCUT2D eigenvalue weighted by molar-refractivity contribution is 9.10. The summed E-state index contributed by atoms with van der Waals surface area (Å²) >= 11 is 3.24. The van der Waals surface area contributed by atoms with Gasteiger partial charge in [-0.15, -0.1) is 0 Å². The van der Waals surface area contributed by atoms with Crippen molar-refractivity contribution < 1.29 is 13.5 Å². The summed E-state index contributed by atoms with van der Waals surface area (Å²) in [5, 5.41) is 9.95. The van der Waals surface area contributed by atoms with Crippen molar-refractivity contribution in [1.82, 2.24) is 0 Å². The van der Waals surface area contributed by atoms with Gasteiger partial charge in [-0.25, -0.2) is 8.42 Å². The lowest BCUT2D eigenvalue weighted by Crippen LogP contribution is -2.13. The van der Waals surface area contributed by atoms with E-state index in [-0.39, 0.29) is 16.3 Å². The Bertz CT molecular complexity index is 757. The number of nitrogens with one attached hydrogen (secondary N) is 1. The fourth-order valence-electron chi connectivity index (χ4n) is 1.88. The smallest absolute Gasteiger partial charge is 0.262 e. The second-order valence-electron chi connectivity index (χ2n) is 4.54. The van der Waals surface area contributed by atoms with Crippen LogP contribution in [0.2, 0.25) is 0 Å². The molecule has 0 aliphatic carbocycles. The molecule has 4 nitrogen and oxygen atoms in total. The zero-order valence-electron chi connectivity index (χ0n) is 11.0. The minimum atomic E-state index is -3.73. The van der Waals surface area contributed by atoms with Gasteiger partial charge in [-0.3, -0.25) is 4.72 Å². The maximum absolute atomic E-state index is 12.3. The maximum atomic E-state index is 12.3. The Kier molecular flexibility index (Phi) is 4.06. The molecule has 0 spiro atoms. The Hall–Kier alpha value is -1.53. The number of halogens is 1. The second kappa shape index (κ2) is 5.46. The molecule has 0 amide bonds. The van der Waals surface area contributed by atoms with Crippen LogP contribution < -0.4 is 4.72 Å². The van der Waals surface area contributed by atoms with Crippen LogP contribution in [-0.2, 0) is 10.0 Å². The fraction of sp³-hybridized carbons (Fsp3) is 0.143. The molecule has 2 aromatic rings. The van der Waals surface area contributed by atoms with Crippen LogP contribution in [0, 0.1) is 13.8 Å². The molecule has 2 rings (SSSR count). The van der Waals surface area contributed by atoms with Crippen LogP contribution in [0.4, 0.5) is 5.69 Å². The van der Waals surface area contributed by atoms with Crippen molar-refractivity contribution in [2.45, 2.75) is 18.7 Å². The predicted octanol–water partition coefficient (Wildman–Crippen LogP) is 3.57. The molecule has 6 heteroatoms. The van der Waals surface area contributed by atoms with E-state index in [0.29, 0.717) is 10.0 Å². The zero-order chi connectivity index (χ0) is 14.9. The van der Waals surface area contributed by atoms with E-state index in [1.807, 2.05) is 6.92 Å². The van der Waals surface area contributed by atoms with Crippen LogP contribution in [0.25, 0.3) is 0 Å². The summed E-state index contributed by atoms with van der Waals surface area (Å²) in [6.45, 7) is 3.56. The number of aromatic hydroxyl groups is 1.